The molecule has 2 aromatic carbocycles. The van der Waals surface area contributed by atoms with Gasteiger partial charge in [-0.05, 0) is 80.7 Å². The molecule has 0 amide bonds. The topological polar surface area (TPSA) is 84.0 Å². The smallest absolute Gasteiger partial charge is 0.340 e. The van der Waals surface area contributed by atoms with Crippen molar-refractivity contribution in [1.29, 1.82) is 0 Å². The van der Waals surface area contributed by atoms with Crippen LogP contribution in [0.5, 0.6) is 11.5 Å². The fourth-order valence-electron chi connectivity index (χ4n) is 4.00. The van der Waals surface area contributed by atoms with Crippen molar-refractivity contribution in [3.63, 3.8) is 0 Å². The van der Waals surface area contributed by atoms with Gasteiger partial charge >= 0.3 is 11.9 Å². The van der Waals surface area contributed by atoms with Crippen LogP contribution in [-0.4, -0.2) is 36.7 Å². The molecule has 8 heteroatoms. The van der Waals surface area contributed by atoms with Crippen molar-refractivity contribution < 1.29 is 28.5 Å². The van der Waals surface area contributed by atoms with E-state index in [0.29, 0.717) is 51.7 Å². The monoisotopic (exact) mass is 569 g/mol. The maximum absolute atomic E-state index is 13.1. The number of halogens is 1. The zero-order valence-electron chi connectivity index (χ0n) is 22.1. The number of aromatic nitrogens is 1. The summed E-state index contributed by atoms with van der Waals surface area (Å²) in [6.07, 6.45) is 0. The van der Waals surface area contributed by atoms with Crippen molar-refractivity contribution in [2.45, 2.75) is 48.1 Å². The number of pyridine rings is 1. The minimum Gasteiger partial charge on any atom is -0.490 e. The van der Waals surface area contributed by atoms with E-state index in [9.17, 15) is 9.59 Å². The Morgan fingerprint density at radius 2 is 1.38 bits per heavy atom. The third-order valence-electron chi connectivity index (χ3n) is 5.62. The first-order valence-electron chi connectivity index (χ1n) is 12.2. The molecule has 0 bridgehead atoms. The lowest BCUT2D eigenvalue weighted by Gasteiger charge is -2.20. The summed E-state index contributed by atoms with van der Waals surface area (Å²) in [5, 5.41) is 0. The van der Waals surface area contributed by atoms with E-state index in [1.165, 1.54) is 5.56 Å². The lowest BCUT2D eigenvalue weighted by atomic mass is 9.92. The van der Waals surface area contributed by atoms with Gasteiger partial charge < -0.3 is 18.9 Å². The first kappa shape index (κ1) is 28.2. The molecule has 196 valence electrons. The molecule has 0 aliphatic rings. The second-order valence-corrected chi connectivity index (χ2v) is 9.20. The number of hydrogen-bond acceptors (Lipinski definition) is 7. The number of rotatable bonds is 10. The molecule has 0 fully saturated rings. The number of carbonyl (C=O) groups excluding carboxylic acids is 2. The average molecular weight is 570 g/mol. The molecule has 3 rings (SSSR count). The number of carbonyl (C=O) groups is 2. The van der Waals surface area contributed by atoms with Crippen LogP contribution in [-0.2, 0) is 16.1 Å². The lowest BCUT2D eigenvalue weighted by Crippen LogP contribution is -2.17. The molecule has 0 N–H and O–H groups in total. The lowest BCUT2D eigenvalue weighted by molar-refractivity contribution is 0.0525. The van der Waals surface area contributed by atoms with Crippen LogP contribution in [0.2, 0.25) is 0 Å². The molecular formula is C29H32BrNO6. The molecule has 0 saturated heterocycles. The van der Waals surface area contributed by atoms with Crippen LogP contribution in [0, 0.1) is 20.8 Å². The van der Waals surface area contributed by atoms with Crippen molar-refractivity contribution in [2.75, 3.05) is 19.8 Å². The quantitative estimate of drug-likeness (QED) is 0.249. The Kier molecular flexibility index (Phi) is 9.69. The van der Waals surface area contributed by atoms with E-state index in [1.807, 2.05) is 38.1 Å². The molecular weight excluding hydrogens is 538 g/mol. The Morgan fingerprint density at radius 3 is 1.89 bits per heavy atom. The second-order valence-electron chi connectivity index (χ2n) is 8.34. The van der Waals surface area contributed by atoms with Crippen molar-refractivity contribution in [2.24, 2.45) is 0 Å². The first-order chi connectivity index (χ1) is 17.7. The van der Waals surface area contributed by atoms with Crippen molar-refractivity contribution in [3.8, 4) is 22.6 Å². The highest BCUT2D eigenvalue weighted by atomic mass is 79.9. The van der Waals surface area contributed by atoms with Crippen LogP contribution in [0.25, 0.3) is 11.1 Å². The van der Waals surface area contributed by atoms with Crippen molar-refractivity contribution >= 4 is 27.9 Å². The van der Waals surface area contributed by atoms with Gasteiger partial charge in [-0.25, -0.2) is 9.59 Å². The van der Waals surface area contributed by atoms with Gasteiger partial charge in [0.05, 0.1) is 46.8 Å². The van der Waals surface area contributed by atoms with E-state index in [1.54, 1.807) is 39.8 Å². The summed E-state index contributed by atoms with van der Waals surface area (Å²) in [4.78, 5) is 30.6. The number of ether oxygens (including phenoxy) is 4. The van der Waals surface area contributed by atoms with Gasteiger partial charge in [0.1, 0.15) is 6.61 Å². The predicted octanol–water partition coefficient (Wildman–Crippen LogP) is 6.77. The van der Waals surface area contributed by atoms with Crippen LogP contribution in [0.4, 0.5) is 0 Å². The third-order valence-corrected chi connectivity index (χ3v) is 6.21. The molecule has 1 aromatic heterocycles. The van der Waals surface area contributed by atoms with Gasteiger partial charge in [-0.1, -0.05) is 29.8 Å². The van der Waals surface area contributed by atoms with Crippen LogP contribution >= 0.6 is 15.9 Å². The average Bonchev–Trinajstić information content (AvgIpc) is 2.84. The molecule has 0 unspecified atom stereocenters. The molecule has 37 heavy (non-hydrogen) atoms. The largest absolute Gasteiger partial charge is 0.490 e. The first-order valence-corrected chi connectivity index (χ1v) is 13.0. The number of benzene rings is 2. The highest BCUT2D eigenvalue weighted by Gasteiger charge is 2.29. The summed E-state index contributed by atoms with van der Waals surface area (Å²) in [5.41, 5.74) is 4.45. The molecule has 0 radical (unpaired) electrons. The Bertz CT molecular complexity index is 1240. The maximum atomic E-state index is 13.1. The number of hydrogen-bond donors (Lipinski definition) is 0. The fourth-order valence-corrected chi connectivity index (χ4v) is 4.56. The molecule has 0 saturated carbocycles. The van der Waals surface area contributed by atoms with Crippen molar-refractivity contribution in [3.05, 3.63) is 74.5 Å². The van der Waals surface area contributed by atoms with Gasteiger partial charge in [-0.2, -0.15) is 0 Å². The summed E-state index contributed by atoms with van der Waals surface area (Å²) in [7, 11) is 0. The number of esters is 2. The summed E-state index contributed by atoms with van der Waals surface area (Å²) in [6, 6.07) is 11.6. The standard InChI is InChI=1S/C29H32BrNO6/c1-7-34-23-15-21(14-22(30)27(23)37-16-20-12-10-17(4)11-13-20)26-24(28(32)35-8-2)18(5)31-19(6)25(26)29(33)36-9-3/h10-15H,7-9,16H2,1-6H3. The SMILES string of the molecule is CCOC(=O)c1c(C)nc(C)c(C(=O)OCC)c1-c1cc(Br)c(OCc2ccc(C)cc2)c(OCC)c1. The molecule has 0 aliphatic heterocycles. The van der Waals surface area contributed by atoms with Crippen molar-refractivity contribution in [1.82, 2.24) is 4.98 Å². The Morgan fingerprint density at radius 1 is 0.811 bits per heavy atom. The summed E-state index contributed by atoms with van der Waals surface area (Å²) in [6.45, 7) is 11.9. The Balaban J connectivity index is 2.21. The van der Waals surface area contributed by atoms with Gasteiger partial charge in [0.25, 0.3) is 0 Å². The van der Waals surface area contributed by atoms with E-state index >= 15 is 0 Å². The van der Waals surface area contributed by atoms with Gasteiger partial charge in [0.2, 0.25) is 0 Å². The van der Waals surface area contributed by atoms with E-state index in [2.05, 4.69) is 20.9 Å². The molecule has 3 aromatic rings. The van der Waals surface area contributed by atoms with Crippen LogP contribution in [0.15, 0.2) is 40.9 Å². The Hall–Kier alpha value is -3.39. The summed E-state index contributed by atoms with van der Waals surface area (Å²) >= 11 is 3.62. The zero-order valence-corrected chi connectivity index (χ0v) is 23.7. The van der Waals surface area contributed by atoms with E-state index in [0.717, 1.165) is 5.56 Å². The number of aryl methyl sites for hydroxylation is 3. The van der Waals surface area contributed by atoms with E-state index in [4.69, 9.17) is 18.9 Å². The highest BCUT2D eigenvalue weighted by molar-refractivity contribution is 9.10. The molecule has 0 aliphatic carbocycles. The van der Waals surface area contributed by atoms with Gasteiger partial charge in [-0.3, -0.25) is 4.98 Å². The molecule has 0 atom stereocenters. The van der Waals surface area contributed by atoms with Gasteiger partial charge in [0.15, 0.2) is 11.5 Å². The van der Waals surface area contributed by atoms with Crippen LogP contribution in [0.3, 0.4) is 0 Å². The van der Waals surface area contributed by atoms with Gasteiger partial charge in [-0.15, -0.1) is 0 Å². The van der Waals surface area contributed by atoms with E-state index in [-0.39, 0.29) is 24.3 Å². The minimum atomic E-state index is -0.568. The minimum absolute atomic E-state index is 0.181. The summed E-state index contributed by atoms with van der Waals surface area (Å²) in [5.74, 6) is -0.150. The number of nitrogens with zero attached hydrogens (tertiary/aromatic N) is 1. The van der Waals surface area contributed by atoms with Crippen LogP contribution in [0.1, 0.15) is 64.0 Å². The van der Waals surface area contributed by atoms with E-state index < -0.39 is 11.9 Å². The molecule has 1 heterocycles. The van der Waals surface area contributed by atoms with Crippen LogP contribution < -0.4 is 9.47 Å². The highest BCUT2D eigenvalue weighted by Crippen LogP contribution is 2.43. The summed E-state index contributed by atoms with van der Waals surface area (Å²) < 4.78 is 23.4. The third kappa shape index (κ3) is 6.49. The molecule has 0 spiro atoms. The Labute approximate surface area is 226 Å². The zero-order chi connectivity index (χ0) is 27.1. The van der Waals surface area contributed by atoms with Gasteiger partial charge in [0, 0.05) is 5.56 Å². The maximum Gasteiger partial charge on any atom is 0.340 e. The fraction of sp³-hybridized carbons (Fsp3) is 0.345. The molecule has 7 nitrogen and oxygen atoms in total. The second kappa shape index (κ2) is 12.7. The predicted molar refractivity (Wildman–Crippen MR) is 145 cm³/mol. The normalized spacial score (nSPS) is 10.7.